The van der Waals surface area contributed by atoms with Crippen LogP contribution in [0.5, 0.6) is 5.88 Å². The average Bonchev–Trinajstić information content (AvgIpc) is 3.36. The van der Waals surface area contributed by atoms with Crippen molar-refractivity contribution in [3.05, 3.63) is 46.3 Å². The number of nitrogens with two attached hydrogens (primary N) is 1. The summed E-state index contributed by atoms with van der Waals surface area (Å²) >= 11 is 1.32. The van der Waals surface area contributed by atoms with Gasteiger partial charge in [0.2, 0.25) is 5.88 Å². The molecule has 4 heterocycles. The van der Waals surface area contributed by atoms with Crippen LogP contribution in [0.4, 0.5) is 11.4 Å². The highest BCUT2D eigenvalue weighted by Gasteiger charge is 2.32. The minimum Gasteiger partial charge on any atom is -0.481 e. The van der Waals surface area contributed by atoms with E-state index in [-0.39, 0.29) is 11.9 Å². The second kappa shape index (κ2) is 8.18. The number of carbonyl (C=O) groups excluding carboxylic acids is 1. The van der Waals surface area contributed by atoms with Crippen molar-refractivity contribution in [3.63, 3.8) is 0 Å². The summed E-state index contributed by atoms with van der Waals surface area (Å²) in [6.07, 6.45) is 5.35. The molecule has 0 saturated carbocycles. The number of thiophene rings is 1. The van der Waals surface area contributed by atoms with Crippen molar-refractivity contribution in [2.45, 2.75) is 50.2 Å². The molecule has 2 aromatic heterocycles. The smallest absolute Gasteiger partial charge is 0.263 e. The fourth-order valence-corrected chi connectivity index (χ4v) is 6.57. The highest BCUT2D eigenvalue weighted by atomic mass is 32.1. The maximum Gasteiger partial charge on any atom is 0.263 e. The summed E-state index contributed by atoms with van der Waals surface area (Å²) in [4.78, 5) is 21.3. The van der Waals surface area contributed by atoms with Crippen molar-refractivity contribution in [1.29, 1.82) is 0 Å². The molecule has 4 N–H and O–H groups in total. The van der Waals surface area contributed by atoms with Crippen LogP contribution in [0.15, 0.2) is 30.3 Å². The summed E-state index contributed by atoms with van der Waals surface area (Å²) in [5.41, 5.74) is 10.9. The number of aryl methyl sites for hydroxylation is 1. The first-order valence-electron chi connectivity index (χ1n) is 11.7. The van der Waals surface area contributed by atoms with E-state index < -0.39 is 0 Å². The number of nitrogens with one attached hydrogen (secondary N) is 2. The van der Waals surface area contributed by atoms with Crippen LogP contribution < -0.4 is 26.0 Å². The Labute approximate surface area is 197 Å². The number of carbonyl (C=O) groups is 1. The van der Waals surface area contributed by atoms with Gasteiger partial charge in [-0.15, -0.1) is 11.3 Å². The molecule has 1 amide bonds. The first-order valence-corrected chi connectivity index (χ1v) is 12.6. The van der Waals surface area contributed by atoms with Crippen LogP contribution in [0.3, 0.4) is 0 Å². The number of pyridine rings is 1. The van der Waals surface area contributed by atoms with E-state index in [0.717, 1.165) is 42.6 Å². The standard InChI is InChI=1S/C25H29N5O2S/c1-32-21-9-8-20-22(26)23(33-25(20)29-21)24(31)28-16-4-2-15-11-19(7-3-14(15)10-16)30-12-17-5-6-18(13-30)27-17/h3,7-9,11,16-18,27H,2,4-6,10,12-13,26H2,1H3,(H,28,31)/t16-,17?,18?/m1/s1. The Kier molecular flexibility index (Phi) is 5.14. The Bertz CT molecular complexity index is 1210. The molecule has 172 valence electrons. The topological polar surface area (TPSA) is 92.5 Å². The van der Waals surface area contributed by atoms with Crippen LogP contribution in [0.1, 0.15) is 40.1 Å². The zero-order chi connectivity index (χ0) is 22.5. The quantitative estimate of drug-likeness (QED) is 0.551. The van der Waals surface area contributed by atoms with Crippen molar-refractivity contribution < 1.29 is 9.53 Å². The summed E-state index contributed by atoms with van der Waals surface area (Å²) in [5, 5.41) is 7.73. The van der Waals surface area contributed by atoms with Gasteiger partial charge in [-0.3, -0.25) is 4.79 Å². The lowest BCUT2D eigenvalue weighted by molar-refractivity contribution is 0.0938. The molecule has 2 aliphatic heterocycles. The second-order valence-electron chi connectivity index (χ2n) is 9.46. The van der Waals surface area contributed by atoms with Crippen LogP contribution in [-0.4, -0.2) is 49.2 Å². The van der Waals surface area contributed by atoms with Gasteiger partial charge in [-0.2, -0.15) is 0 Å². The van der Waals surface area contributed by atoms with E-state index in [1.54, 1.807) is 13.2 Å². The van der Waals surface area contributed by atoms with Crippen LogP contribution in [0.2, 0.25) is 0 Å². The van der Waals surface area contributed by atoms with Gasteiger partial charge in [0.15, 0.2) is 0 Å². The van der Waals surface area contributed by atoms with Crippen molar-refractivity contribution in [1.82, 2.24) is 15.6 Å². The minimum atomic E-state index is -0.115. The molecule has 2 fully saturated rings. The molecule has 3 aliphatic rings. The van der Waals surface area contributed by atoms with E-state index in [4.69, 9.17) is 10.5 Å². The molecule has 3 aromatic rings. The predicted octanol–water partition coefficient (Wildman–Crippen LogP) is 3.12. The summed E-state index contributed by atoms with van der Waals surface area (Å²) in [6.45, 7) is 2.20. The molecule has 2 unspecified atom stereocenters. The number of rotatable bonds is 4. The number of benzene rings is 1. The maximum absolute atomic E-state index is 13.0. The number of piperazine rings is 1. The number of nitrogen functional groups attached to an aromatic ring is 1. The number of hydrogen-bond acceptors (Lipinski definition) is 7. The normalized spacial score (nSPS) is 24.0. The zero-order valence-corrected chi connectivity index (χ0v) is 19.6. The molecule has 8 heteroatoms. The van der Waals surface area contributed by atoms with Crippen molar-refractivity contribution in [3.8, 4) is 5.88 Å². The number of methoxy groups -OCH3 is 1. The molecule has 1 aliphatic carbocycles. The molecule has 6 rings (SSSR count). The Morgan fingerprint density at radius 3 is 2.79 bits per heavy atom. The van der Waals surface area contributed by atoms with Crippen LogP contribution >= 0.6 is 11.3 Å². The Morgan fingerprint density at radius 1 is 1.18 bits per heavy atom. The molecule has 0 spiro atoms. The first-order chi connectivity index (χ1) is 16.1. The highest BCUT2D eigenvalue weighted by molar-refractivity contribution is 7.21. The van der Waals surface area contributed by atoms with Crippen LogP contribution in [0, 0.1) is 0 Å². The van der Waals surface area contributed by atoms with Gasteiger partial charge in [0.05, 0.1) is 12.8 Å². The second-order valence-corrected chi connectivity index (χ2v) is 10.5. The Balaban J connectivity index is 1.15. The number of anilines is 2. The first kappa shape index (κ1) is 20.7. The Morgan fingerprint density at radius 2 is 2.00 bits per heavy atom. The number of nitrogens with zero attached hydrogens (tertiary/aromatic N) is 2. The van der Waals surface area contributed by atoms with Crippen molar-refractivity contribution in [2.75, 3.05) is 30.8 Å². The van der Waals surface area contributed by atoms with Crippen LogP contribution in [-0.2, 0) is 12.8 Å². The summed E-state index contributed by atoms with van der Waals surface area (Å²) in [5.74, 6) is 0.406. The molecule has 7 nitrogen and oxygen atoms in total. The number of aromatic nitrogens is 1. The van der Waals surface area contributed by atoms with Gasteiger partial charge in [-0.05, 0) is 61.4 Å². The summed E-state index contributed by atoms with van der Waals surface area (Å²) < 4.78 is 5.20. The third kappa shape index (κ3) is 3.81. The molecule has 33 heavy (non-hydrogen) atoms. The lowest BCUT2D eigenvalue weighted by atomic mass is 9.87. The number of fused-ring (bicyclic) bond motifs is 4. The third-order valence-electron chi connectivity index (χ3n) is 7.32. The van der Waals surface area contributed by atoms with E-state index in [1.165, 1.54) is 41.0 Å². The lowest BCUT2D eigenvalue weighted by Gasteiger charge is -2.35. The lowest BCUT2D eigenvalue weighted by Crippen LogP contribution is -2.51. The zero-order valence-electron chi connectivity index (χ0n) is 18.8. The SMILES string of the molecule is COc1ccc2c(N)c(C(=O)N[C@@H]3CCc4cc(N5CC6CCC(C5)N6)ccc4C3)sc2n1. The maximum atomic E-state index is 13.0. The van der Waals surface area contributed by atoms with Gasteiger partial charge in [0.25, 0.3) is 5.91 Å². The van der Waals surface area contributed by atoms with Crippen LogP contribution in [0.25, 0.3) is 10.2 Å². The van der Waals surface area contributed by atoms with E-state index in [9.17, 15) is 4.79 Å². The van der Waals surface area contributed by atoms with Gasteiger partial charge < -0.3 is 26.0 Å². The van der Waals surface area contributed by atoms with Gasteiger partial charge in [-0.25, -0.2) is 4.98 Å². The average molecular weight is 464 g/mol. The predicted molar refractivity (Wildman–Crippen MR) is 132 cm³/mol. The molecular weight excluding hydrogens is 434 g/mol. The molecule has 1 aromatic carbocycles. The van der Waals surface area contributed by atoms with E-state index in [2.05, 4.69) is 38.7 Å². The summed E-state index contributed by atoms with van der Waals surface area (Å²) in [7, 11) is 1.58. The number of ether oxygens (including phenoxy) is 1. The summed E-state index contributed by atoms with van der Waals surface area (Å²) in [6, 6.07) is 11.9. The van der Waals surface area contributed by atoms with Gasteiger partial charge in [0, 0.05) is 48.4 Å². The van der Waals surface area contributed by atoms with Gasteiger partial charge in [-0.1, -0.05) is 6.07 Å². The van der Waals surface area contributed by atoms with E-state index >= 15 is 0 Å². The number of amides is 1. The van der Waals surface area contributed by atoms with Crippen molar-refractivity contribution in [2.24, 2.45) is 0 Å². The molecule has 3 atom stereocenters. The Hall–Kier alpha value is -2.84. The van der Waals surface area contributed by atoms with E-state index in [1.807, 2.05) is 6.07 Å². The molecule has 2 bridgehead atoms. The third-order valence-corrected chi connectivity index (χ3v) is 8.43. The van der Waals surface area contributed by atoms with Gasteiger partial charge >= 0.3 is 0 Å². The monoisotopic (exact) mass is 463 g/mol. The minimum absolute atomic E-state index is 0.109. The van der Waals surface area contributed by atoms with Gasteiger partial charge in [0.1, 0.15) is 9.71 Å². The number of hydrogen-bond donors (Lipinski definition) is 3. The largest absolute Gasteiger partial charge is 0.481 e. The fourth-order valence-electron chi connectivity index (χ4n) is 5.58. The van der Waals surface area contributed by atoms with E-state index in [0.29, 0.717) is 28.5 Å². The fraction of sp³-hybridized carbons (Fsp3) is 0.440. The molecule has 2 saturated heterocycles. The molecular formula is C25H29N5O2S. The highest BCUT2D eigenvalue weighted by Crippen LogP contribution is 2.34. The molecule has 0 radical (unpaired) electrons. The van der Waals surface area contributed by atoms with Crippen molar-refractivity contribution >= 4 is 38.8 Å².